The Morgan fingerprint density at radius 1 is 1.27 bits per heavy atom. The zero-order valence-corrected chi connectivity index (χ0v) is 7.90. The van der Waals surface area contributed by atoms with Crippen LogP contribution in [0.4, 0.5) is 0 Å². The lowest BCUT2D eigenvalue weighted by molar-refractivity contribution is 0.497. The second-order valence-electron chi connectivity index (χ2n) is 3.10. The van der Waals surface area contributed by atoms with Gasteiger partial charge in [-0.25, -0.2) is 0 Å². The molecule has 3 N–H and O–H groups in total. The molecule has 0 aliphatic heterocycles. The van der Waals surface area contributed by atoms with Crippen LogP contribution in [0.3, 0.4) is 0 Å². The van der Waals surface area contributed by atoms with Gasteiger partial charge < -0.3 is 11.1 Å². The summed E-state index contributed by atoms with van der Waals surface area (Å²) in [5.41, 5.74) is 5.39. The first-order chi connectivity index (χ1) is 5.31. The van der Waals surface area contributed by atoms with Crippen LogP contribution in [0.1, 0.15) is 39.5 Å². The highest BCUT2D eigenvalue weighted by molar-refractivity contribution is 4.58. The van der Waals surface area contributed by atoms with Gasteiger partial charge in [0, 0.05) is 6.04 Å². The lowest BCUT2D eigenvalue weighted by Gasteiger charge is -2.10. The average Bonchev–Trinajstić information content (AvgIpc) is 1.99. The van der Waals surface area contributed by atoms with Gasteiger partial charge in [0.2, 0.25) is 0 Å². The van der Waals surface area contributed by atoms with Gasteiger partial charge in [0.05, 0.1) is 0 Å². The summed E-state index contributed by atoms with van der Waals surface area (Å²) in [6.45, 7) is 6.32. The van der Waals surface area contributed by atoms with Crippen molar-refractivity contribution in [2.45, 2.75) is 45.6 Å². The van der Waals surface area contributed by atoms with Crippen LogP contribution in [-0.2, 0) is 0 Å². The third-order valence-electron chi connectivity index (χ3n) is 1.89. The number of unbranched alkanes of at least 4 members (excludes halogenated alkanes) is 2. The van der Waals surface area contributed by atoms with E-state index >= 15 is 0 Å². The van der Waals surface area contributed by atoms with Crippen LogP contribution in [0.15, 0.2) is 0 Å². The van der Waals surface area contributed by atoms with Crippen molar-refractivity contribution >= 4 is 0 Å². The van der Waals surface area contributed by atoms with Crippen molar-refractivity contribution in [3.05, 3.63) is 0 Å². The summed E-state index contributed by atoms with van der Waals surface area (Å²) in [5.74, 6) is 0. The Balaban J connectivity index is 2.97. The maximum Gasteiger partial charge on any atom is 0.00386 e. The maximum absolute atomic E-state index is 5.39. The van der Waals surface area contributed by atoms with Crippen LogP contribution in [0.5, 0.6) is 0 Å². The Bertz CT molecular complexity index is 74.0. The Kier molecular flexibility index (Phi) is 7.96. The van der Waals surface area contributed by atoms with E-state index in [1.807, 2.05) is 0 Å². The van der Waals surface area contributed by atoms with E-state index in [1.54, 1.807) is 0 Å². The van der Waals surface area contributed by atoms with E-state index in [0.29, 0.717) is 6.04 Å². The summed E-state index contributed by atoms with van der Waals surface area (Å²) in [5, 5.41) is 3.39. The van der Waals surface area contributed by atoms with Gasteiger partial charge in [-0.3, -0.25) is 0 Å². The second-order valence-corrected chi connectivity index (χ2v) is 3.10. The number of hydrogen-bond acceptors (Lipinski definition) is 2. The minimum absolute atomic E-state index is 0.678. The molecule has 1 atom stereocenters. The third-order valence-corrected chi connectivity index (χ3v) is 1.89. The van der Waals surface area contributed by atoms with Crippen LogP contribution in [0, 0.1) is 0 Å². The van der Waals surface area contributed by atoms with Crippen molar-refractivity contribution in [3.8, 4) is 0 Å². The molecule has 0 saturated heterocycles. The second kappa shape index (κ2) is 8.02. The average molecular weight is 158 g/mol. The van der Waals surface area contributed by atoms with E-state index < -0.39 is 0 Å². The van der Waals surface area contributed by atoms with Crippen LogP contribution in [0.25, 0.3) is 0 Å². The summed E-state index contributed by atoms with van der Waals surface area (Å²) < 4.78 is 0. The van der Waals surface area contributed by atoms with Crippen molar-refractivity contribution in [2.75, 3.05) is 13.1 Å². The Morgan fingerprint density at radius 2 is 2.00 bits per heavy atom. The number of nitrogens with two attached hydrogens (primary N) is 1. The zero-order valence-electron chi connectivity index (χ0n) is 7.90. The maximum atomic E-state index is 5.39. The monoisotopic (exact) mass is 158 g/mol. The van der Waals surface area contributed by atoms with Gasteiger partial charge >= 0.3 is 0 Å². The highest BCUT2D eigenvalue weighted by Gasteiger charge is 1.97. The number of hydrogen-bond donors (Lipinski definition) is 2. The molecular weight excluding hydrogens is 136 g/mol. The molecule has 0 aliphatic carbocycles. The van der Waals surface area contributed by atoms with Crippen molar-refractivity contribution in [1.82, 2.24) is 5.32 Å². The van der Waals surface area contributed by atoms with E-state index in [1.165, 1.54) is 25.7 Å². The highest BCUT2D eigenvalue weighted by Crippen LogP contribution is 2.01. The summed E-state index contributed by atoms with van der Waals surface area (Å²) in [7, 11) is 0. The fourth-order valence-electron chi connectivity index (χ4n) is 1.22. The van der Waals surface area contributed by atoms with E-state index in [-0.39, 0.29) is 0 Å². The molecule has 0 aromatic heterocycles. The summed E-state index contributed by atoms with van der Waals surface area (Å²) in [6.07, 6.45) is 5.06. The number of nitrogens with one attached hydrogen (secondary N) is 1. The molecule has 0 bridgehead atoms. The molecule has 11 heavy (non-hydrogen) atoms. The van der Waals surface area contributed by atoms with Gasteiger partial charge in [0.25, 0.3) is 0 Å². The molecule has 0 radical (unpaired) electrons. The highest BCUT2D eigenvalue weighted by atomic mass is 14.9. The SMILES string of the molecule is CCNC(C)CCCCCN. The van der Waals surface area contributed by atoms with Crippen molar-refractivity contribution in [3.63, 3.8) is 0 Å². The molecule has 1 unspecified atom stereocenters. The van der Waals surface area contributed by atoms with Gasteiger partial charge in [-0.1, -0.05) is 19.8 Å². The smallest absolute Gasteiger partial charge is 0.00386 e. The molecule has 0 aliphatic rings. The fourth-order valence-corrected chi connectivity index (χ4v) is 1.22. The first-order valence-corrected chi connectivity index (χ1v) is 4.74. The third kappa shape index (κ3) is 7.82. The van der Waals surface area contributed by atoms with Gasteiger partial charge in [-0.05, 0) is 32.9 Å². The van der Waals surface area contributed by atoms with E-state index in [2.05, 4.69) is 19.2 Å². The molecule has 0 heterocycles. The van der Waals surface area contributed by atoms with Crippen LogP contribution in [-0.4, -0.2) is 19.1 Å². The molecular formula is C9H22N2. The molecule has 0 aromatic carbocycles. The molecule has 0 aromatic rings. The molecule has 2 nitrogen and oxygen atoms in total. The van der Waals surface area contributed by atoms with Crippen molar-refractivity contribution in [2.24, 2.45) is 5.73 Å². The van der Waals surface area contributed by atoms with Gasteiger partial charge in [0.1, 0.15) is 0 Å². The van der Waals surface area contributed by atoms with Gasteiger partial charge in [-0.2, -0.15) is 0 Å². The fraction of sp³-hybridized carbons (Fsp3) is 1.00. The van der Waals surface area contributed by atoms with E-state index in [9.17, 15) is 0 Å². The normalized spacial score (nSPS) is 13.4. The standard InChI is InChI=1S/C9H22N2/c1-3-11-9(2)7-5-4-6-8-10/h9,11H,3-8,10H2,1-2H3. The topological polar surface area (TPSA) is 38.0 Å². The minimum atomic E-state index is 0.678. The molecule has 0 rings (SSSR count). The van der Waals surface area contributed by atoms with Gasteiger partial charge in [0.15, 0.2) is 0 Å². The molecule has 0 spiro atoms. The molecule has 2 heteroatoms. The van der Waals surface area contributed by atoms with Gasteiger partial charge in [-0.15, -0.1) is 0 Å². The Morgan fingerprint density at radius 3 is 2.55 bits per heavy atom. The van der Waals surface area contributed by atoms with E-state index in [4.69, 9.17) is 5.73 Å². The lowest BCUT2D eigenvalue weighted by Crippen LogP contribution is -2.25. The quantitative estimate of drug-likeness (QED) is 0.551. The molecule has 68 valence electrons. The number of rotatable bonds is 7. The predicted molar refractivity (Wildman–Crippen MR) is 50.7 cm³/mol. The molecule has 0 saturated carbocycles. The predicted octanol–water partition coefficient (Wildman–Crippen LogP) is 1.50. The zero-order chi connectivity index (χ0) is 8.53. The van der Waals surface area contributed by atoms with Crippen LogP contribution < -0.4 is 11.1 Å². The lowest BCUT2D eigenvalue weighted by atomic mass is 10.1. The Hall–Kier alpha value is -0.0800. The largest absolute Gasteiger partial charge is 0.330 e. The summed E-state index contributed by atoms with van der Waals surface area (Å²) >= 11 is 0. The molecule has 0 amide bonds. The molecule has 0 fully saturated rings. The van der Waals surface area contributed by atoms with Crippen LogP contribution >= 0.6 is 0 Å². The van der Waals surface area contributed by atoms with Crippen molar-refractivity contribution < 1.29 is 0 Å². The Labute approximate surface area is 70.5 Å². The van der Waals surface area contributed by atoms with Crippen molar-refractivity contribution in [1.29, 1.82) is 0 Å². The first kappa shape index (κ1) is 10.9. The minimum Gasteiger partial charge on any atom is -0.330 e. The van der Waals surface area contributed by atoms with E-state index in [0.717, 1.165) is 13.1 Å². The summed E-state index contributed by atoms with van der Waals surface area (Å²) in [4.78, 5) is 0. The van der Waals surface area contributed by atoms with Crippen LogP contribution in [0.2, 0.25) is 0 Å². The summed E-state index contributed by atoms with van der Waals surface area (Å²) in [6, 6.07) is 0.678. The first-order valence-electron chi connectivity index (χ1n) is 4.74.